The molecule has 0 amide bonds. The molecule has 0 saturated heterocycles. The number of fused-ring (bicyclic) bond motifs is 2. The number of benzene rings is 6. The van der Waals surface area contributed by atoms with Gasteiger partial charge in [0.25, 0.3) is 0 Å². The molecule has 6 aromatic carbocycles. The summed E-state index contributed by atoms with van der Waals surface area (Å²) in [6, 6.07) is 59.5. The van der Waals surface area contributed by atoms with Crippen LogP contribution in [0.15, 0.2) is 201 Å². The Kier molecular flexibility index (Phi) is 8.59. The van der Waals surface area contributed by atoms with Crippen LogP contribution in [-0.2, 0) is 0 Å². The second-order valence-electron chi connectivity index (χ2n) is 14.3. The van der Waals surface area contributed by atoms with E-state index >= 15 is 0 Å². The zero-order valence-electron chi connectivity index (χ0n) is 32.1. The van der Waals surface area contributed by atoms with E-state index in [1.54, 1.807) is 24.8 Å². The second-order valence-corrected chi connectivity index (χ2v) is 14.3. The Balaban J connectivity index is 1.11. The van der Waals surface area contributed by atoms with Crippen LogP contribution in [0.25, 0.3) is 102 Å². The molecule has 0 radical (unpaired) electrons. The zero-order valence-corrected chi connectivity index (χ0v) is 32.1. The van der Waals surface area contributed by atoms with Crippen molar-refractivity contribution in [2.45, 2.75) is 0 Å². The zero-order chi connectivity index (χ0) is 39.8. The third-order valence-corrected chi connectivity index (χ3v) is 10.6. The highest BCUT2D eigenvalue weighted by atomic mass is 15.1. The number of hydrogen-bond acceptors (Lipinski definition) is 7. The third kappa shape index (κ3) is 6.27. The average Bonchev–Trinajstić information content (AvgIpc) is 3.92. The van der Waals surface area contributed by atoms with Gasteiger partial charge in [-0.1, -0.05) is 103 Å². The van der Waals surface area contributed by atoms with Crippen molar-refractivity contribution in [2.24, 2.45) is 0 Å². The van der Waals surface area contributed by atoms with Crippen LogP contribution in [-0.4, -0.2) is 44.0 Å². The van der Waals surface area contributed by atoms with Gasteiger partial charge in [-0.2, -0.15) is 0 Å². The fraction of sp³-hybridized carbons (Fsp3) is 0. The molecule has 9 nitrogen and oxygen atoms in total. The van der Waals surface area contributed by atoms with Crippen LogP contribution in [0.5, 0.6) is 0 Å². The van der Waals surface area contributed by atoms with Crippen molar-refractivity contribution >= 4 is 22.1 Å². The van der Waals surface area contributed by atoms with Crippen molar-refractivity contribution in [1.82, 2.24) is 44.0 Å². The van der Waals surface area contributed by atoms with Crippen molar-refractivity contribution in [2.75, 3.05) is 0 Å². The second kappa shape index (κ2) is 14.8. The molecular weight excluding hydrogens is 739 g/mol. The molecule has 0 aliphatic rings. The maximum Gasteiger partial charge on any atom is 0.164 e. The van der Waals surface area contributed by atoms with Gasteiger partial charge >= 0.3 is 0 Å². The summed E-state index contributed by atoms with van der Waals surface area (Å²) in [5.74, 6) is 3.30. The summed E-state index contributed by atoms with van der Waals surface area (Å²) >= 11 is 0. The van der Waals surface area contributed by atoms with Crippen LogP contribution in [0.1, 0.15) is 0 Å². The Hall–Kier alpha value is -8.43. The van der Waals surface area contributed by atoms with Gasteiger partial charge in [-0.15, -0.1) is 0 Å². The van der Waals surface area contributed by atoms with Crippen molar-refractivity contribution in [3.8, 4) is 79.4 Å². The SMILES string of the molecule is c1ccc(-c2ccccc2-c2nc(-c3cccc(-n4c(-c5ccncc5)nc5ccccc54)c3)nc(-c3cccc(-n4c(-c5ccncc5)nc5ccccc54)c3)n2)cc1. The van der Waals surface area contributed by atoms with Crippen molar-refractivity contribution in [3.05, 3.63) is 201 Å². The van der Waals surface area contributed by atoms with Crippen LogP contribution in [0, 0.1) is 0 Å². The lowest BCUT2D eigenvalue weighted by Crippen LogP contribution is -2.03. The topological polar surface area (TPSA) is 100 Å². The standard InChI is InChI=1S/C51H33N9/c1-2-12-34(13-3-1)41-18-4-5-19-42(41)49-57-47(37-14-10-16-39(32-37)59-45-22-8-6-20-43(45)54-50(59)35-24-28-52-29-25-35)56-48(58-49)38-15-11-17-40(33-38)60-46-23-9-7-21-44(46)55-51(60)36-26-30-53-31-27-36/h1-33H. The molecule has 0 aliphatic carbocycles. The first kappa shape index (κ1) is 34.8. The predicted molar refractivity (Wildman–Crippen MR) is 237 cm³/mol. The quantitative estimate of drug-likeness (QED) is 0.152. The molecular formula is C51H33N9. The summed E-state index contributed by atoms with van der Waals surface area (Å²) in [5, 5.41) is 0. The van der Waals surface area contributed by atoms with E-state index in [2.05, 4.69) is 91.9 Å². The maximum atomic E-state index is 5.24. The Morgan fingerprint density at radius 2 is 0.733 bits per heavy atom. The molecule has 0 unspecified atom stereocenters. The van der Waals surface area contributed by atoms with Crippen LogP contribution in [0.4, 0.5) is 0 Å². The normalized spacial score (nSPS) is 11.3. The summed E-state index contributed by atoms with van der Waals surface area (Å²) in [7, 11) is 0. The highest BCUT2D eigenvalue weighted by Crippen LogP contribution is 2.35. The minimum atomic E-state index is 0.547. The van der Waals surface area contributed by atoms with E-state index in [9.17, 15) is 0 Å². The minimum Gasteiger partial charge on any atom is -0.292 e. The van der Waals surface area contributed by atoms with Gasteiger partial charge in [0, 0.05) is 64.0 Å². The molecule has 0 fully saturated rings. The molecule has 11 aromatic rings. The lowest BCUT2D eigenvalue weighted by atomic mass is 9.99. The lowest BCUT2D eigenvalue weighted by Gasteiger charge is -2.14. The number of nitrogens with zero attached hydrogens (tertiary/aromatic N) is 9. The average molecular weight is 772 g/mol. The Bertz CT molecular complexity index is 3140. The number of rotatable bonds is 8. The first-order valence-electron chi connectivity index (χ1n) is 19.6. The van der Waals surface area contributed by atoms with Crippen LogP contribution in [0.2, 0.25) is 0 Å². The van der Waals surface area contributed by atoms with Crippen molar-refractivity contribution in [3.63, 3.8) is 0 Å². The smallest absolute Gasteiger partial charge is 0.164 e. The third-order valence-electron chi connectivity index (χ3n) is 10.6. The van der Waals surface area contributed by atoms with E-state index in [1.165, 1.54) is 0 Å². The highest BCUT2D eigenvalue weighted by Gasteiger charge is 2.20. The van der Waals surface area contributed by atoms with Gasteiger partial charge < -0.3 is 0 Å². The molecule has 0 atom stereocenters. The van der Waals surface area contributed by atoms with Crippen LogP contribution < -0.4 is 0 Å². The molecule has 282 valence electrons. The van der Waals surface area contributed by atoms with E-state index in [0.717, 1.165) is 84.0 Å². The fourth-order valence-corrected chi connectivity index (χ4v) is 7.83. The van der Waals surface area contributed by atoms with Crippen molar-refractivity contribution < 1.29 is 0 Å². The highest BCUT2D eigenvalue weighted by molar-refractivity contribution is 5.86. The minimum absolute atomic E-state index is 0.547. The summed E-state index contributed by atoms with van der Waals surface area (Å²) < 4.78 is 4.36. The molecule has 0 bridgehead atoms. The Morgan fingerprint density at radius 1 is 0.300 bits per heavy atom. The van der Waals surface area contributed by atoms with Crippen molar-refractivity contribution in [1.29, 1.82) is 0 Å². The summed E-state index contributed by atoms with van der Waals surface area (Å²) in [6.07, 6.45) is 7.17. The van der Waals surface area contributed by atoms with Crippen LogP contribution >= 0.6 is 0 Å². The molecule has 9 heteroatoms. The Morgan fingerprint density at radius 3 is 1.27 bits per heavy atom. The largest absolute Gasteiger partial charge is 0.292 e. The number of pyridine rings is 2. The number of hydrogen-bond donors (Lipinski definition) is 0. The predicted octanol–water partition coefficient (Wildman–Crippen LogP) is 11.3. The van der Waals surface area contributed by atoms with E-state index < -0.39 is 0 Å². The molecule has 0 N–H and O–H groups in total. The first-order valence-corrected chi connectivity index (χ1v) is 19.6. The van der Waals surface area contributed by atoms with Gasteiger partial charge in [0.05, 0.1) is 22.1 Å². The molecule has 5 heterocycles. The van der Waals surface area contributed by atoms with E-state index in [-0.39, 0.29) is 0 Å². The molecule has 0 aliphatic heterocycles. The van der Waals surface area contributed by atoms with E-state index in [4.69, 9.17) is 24.9 Å². The summed E-state index contributed by atoms with van der Waals surface area (Å²) in [5.41, 5.74) is 12.3. The Labute approximate surface area is 345 Å². The summed E-state index contributed by atoms with van der Waals surface area (Å²) in [4.78, 5) is 34.4. The van der Waals surface area contributed by atoms with Gasteiger partial charge in [0.15, 0.2) is 17.5 Å². The maximum absolute atomic E-state index is 5.24. The lowest BCUT2D eigenvalue weighted by molar-refractivity contribution is 1.06. The molecule has 0 spiro atoms. The fourth-order valence-electron chi connectivity index (χ4n) is 7.83. The number of aromatic nitrogens is 9. The van der Waals surface area contributed by atoms with Gasteiger partial charge in [0.1, 0.15) is 11.6 Å². The summed E-state index contributed by atoms with van der Waals surface area (Å²) in [6.45, 7) is 0. The molecule has 0 saturated carbocycles. The molecule has 11 rings (SSSR count). The molecule has 60 heavy (non-hydrogen) atoms. The number of para-hydroxylation sites is 4. The van der Waals surface area contributed by atoms with E-state index in [0.29, 0.717) is 17.5 Å². The van der Waals surface area contributed by atoms with Gasteiger partial charge in [-0.3, -0.25) is 19.1 Å². The van der Waals surface area contributed by atoms with Gasteiger partial charge in [-0.05, 0) is 83.9 Å². The van der Waals surface area contributed by atoms with Gasteiger partial charge in [0.2, 0.25) is 0 Å². The van der Waals surface area contributed by atoms with E-state index in [1.807, 2.05) is 103 Å². The number of imidazole rings is 2. The monoisotopic (exact) mass is 771 g/mol. The van der Waals surface area contributed by atoms with Gasteiger partial charge in [-0.25, -0.2) is 24.9 Å². The van der Waals surface area contributed by atoms with Crippen LogP contribution in [0.3, 0.4) is 0 Å². The first-order chi connectivity index (χ1) is 29.7. The molecule has 5 aromatic heterocycles.